The molecule has 1 aliphatic carbocycles. The third kappa shape index (κ3) is 3.94. The van der Waals surface area contributed by atoms with Crippen molar-refractivity contribution in [2.24, 2.45) is 0 Å². The second-order valence-electron chi connectivity index (χ2n) is 5.90. The molecule has 1 heterocycles. The average molecular weight is 307 g/mol. The van der Waals surface area contributed by atoms with Crippen LogP contribution in [-0.4, -0.2) is 28.3 Å². The molecule has 1 atom stereocenters. The Hall–Kier alpha value is -1.69. The number of carbonyl (C=O) groups is 1. The number of nitrogens with one attached hydrogen (secondary N) is 2. The molecule has 1 aromatic rings. The van der Waals surface area contributed by atoms with Crippen LogP contribution in [0, 0.1) is 13.8 Å². The summed E-state index contributed by atoms with van der Waals surface area (Å²) in [6.45, 7) is 5.81. The van der Waals surface area contributed by atoms with Crippen LogP contribution in [0.4, 0.5) is 0 Å². The number of hydrogen-bond acceptors (Lipinski definition) is 4. The van der Waals surface area contributed by atoms with Gasteiger partial charge in [-0.1, -0.05) is 19.8 Å². The van der Waals surface area contributed by atoms with Crippen molar-refractivity contribution < 1.29 is 9.53 Å². The molecule has 1 amide bonds. The zero-order valence-electron chi connectivity index (χ0n) is 13.6. The van der Waals surface area contributed by atoms with E-state index >= 15 is 0 Å². The maximum atomic E-state index is 12.3. The normalized spacial score (nSPS) is 16.7. The highest BCUT2D eigenvalue weighted by Crippen LogP contribution is 2.23. The second-order valence-corrected chi connectivity index (χ2v) is 5.90. The van der Waals surface area contributed by atoms with Crippen molar-refractivity contribution in [1.29, 1.82) is 0 Å². The van der Waals surface area contributed by atoms with Gasteiger partial charge in [0.15, 0.2) is 0 Å². The van der Waals surface area contributed by atoms with Crippen LogP contribution in [0.2, 0.25) is 0 Å². The number of amides is 1. The summed E-state index contributed by atoms with van der Waals surface area (Å²) in [6, 6.07) is 0. The van der Waals surface area contributed by atoms with Crippen molar-refractivity contribution in [2.45, 2.75) is 71.6 Å². The molecule has 0 aliphatic heterocycles. The van der Waals surface area contributed by atoms with E-state index in [4.69, 9.17) is 4.74 Å². The lowest BCUT2D eigenvalue weighted by molar-refractivity contribution is -0.137. The van der Waals surface area contributed by atoms with Crippen LogP contribution in [0.25, 0.3) is 0 Å². The molecule has 1 aromatic heterocycles. The van der Waals surface area contributed by atoms with Crippen LogP contribution < -0.4 is 10.9 Å². The summed E-state index contributed by atoms with van der Waals surface area (Å²) in [4.78, 5) is 24.1. The molecule has 0 bridgehead atoms. The molecule has 6 heteroatoms. The lowest BCUT2D eigenvalue weighted by Gasteiger charge is -2.20. The number of hydrogen-bond donors (Lipinski definition) is 2. The van der Waals surface area contributed by atoms with Crippen molar-refractivity contribution in [3.8, 4) is 0 Å². The Kier molecular flexibility index (Phi) is 5.71. The minimum atomic E-state index is -0.439. The molecular formula is C16H25N3O3. The summed E-state index contributed by atoms with van der Waals surface area (Å²) in [5.41, 5.74) is 1.87. The first-order valence-electron chi connectivity index (χ1n) is 8.00. The Labute approximate surface area is 130 Å². The molecule has 1 saturated carbocycles. The van der Waals surface area contributed by atoms with Gasteiger partial charge in [-0.25, -0.2) is 5.10 Å². The van der Waals surface area contributed by atoms with Gasteiger partial charge in [-0.05, 0) is 38.7 Å². The van der Waals surface area contributed by atoms with Gasteiger partial charge in [0.05, 0.1) is 11.8 Å². The topological polar surface area (TPSA) is 84.1 Å². The number of H-pyrrole nitrogens is 1. The van der Waals surface area contributed by atoms with Crippen molar-refractivity contribution in [1.82, 2.24) is 15.5 Å². The van der Waals surface area contributed by atoms with Crippen LogP contribution in [0.1, 0.15) is 55.8 Å². The van der Waals surface area contributed by atoms with E-state index in [1.54, 1.807) is 0 Å². The van der Waals surface area contributed by atoms with Gasteiger partial charge >= 0.3 is 0 Å². The predicted molar refractivity (Wildman–Crippen MR) is 83.6 cm³/mol. The van der Waals surface area contributed by atoms with Gasteiger partial charge in [-0.15, -0.1) is 0 Å². The Morgan fingerprint density at radius 3 is 2.73 bits per heavy atom. The predicted octanol–water partition coefficient (Wildman–Crippen LogP) is 1.74. The van der Waals surface area contributed by atoms with Crippen LogP contribution in [0.15, 0.2) is 4.79 Å². The van der Waals surface area contributed by atoms with E-state index in [2.05, 4.69) is 15.5 Å². The minimum absolute atomic E-state index is 0.150. The number of nitrogens with zero attached hydrogens (tertiary/aromatic N) is 1. The highest BCUT2D eigenvalue weighted by Gasteiger charge is 2.24. The molecule has 6 nitrogen and oxygen atoms in total. The highest BCUT2D eigenvalue weighted by atomic mass is 16.5. The fourth-order valence-corrected chi connectivity index (χ4v) is 2.78. The Morgan fingerprint density at radius 1 is 1.41 bits per heavy atom. The van der Waals surface area contributed by atoms with Crippen LogP contribution >= 0.6 is 0 Å². The fraction of sp³-hybridized carbons (Fsp3) is 0.688. The number of aryl methyl sites for hydroxylation is 1. The maximum Gasteiger partial charge on any atom is 0.269 e. The van der Waals surface area contributed by atoms with Gasteiger partial charge in [-0.3, -0.25) is 9.59 Å². The van der Waals surface area contributed by atoms with Gasteiger partial charge in [0.1, 0.15) is 6.10 Å². The van der Waals surface area contributed by atoms with Crippen molar-refractivity contribution in [2.75, 3.05) is 0 Å². The van der Waals surface area contributed by atoms with Crippen molar-refractivity contribution in [3.63, 3.8) is 0 Å². The van der Waals surface area contributed by atoms with Crippen LogP contribution in [0.5, 0.6) is 0 Å². The molecule has 2 N–H and O–H groups in total. The Bertz CT molecular complexity index is 576. The van der Waals surface area contributed by atoms with E-state index in [1.165, 1.54) is 12.8 Å². The van der Waals surface area contributed by atoms with Gasteiger partial charge in [0.2, 0.25) is 5.91 Å². The summed E-state index contributed by atoms with van der Waals surface area (Å²) in [6.07, 6.45) is 4.81. The maximum absolute atomic E-state index is 12.3. The molecule has 22 heavy (non-hydrogen) atoms. The molecule has 0 aromatic carbocycles. The van der Waals surface area contributed by atoms with Gasteiger partial charge in [-0.2, -0.15) is 5.10 Å². The third-order valence-electron chi connectivity index (χ3n) is 4.36. The second kappa shape index (κ2) is 7.54. The van der Waals surface area contributed by atoms with E-state index in [-0.39, 0.29) is 24.1 Å². The molecule has 0 unspecified atom stereocenters. The standard InChI is InChI=1S/C16H25N3O3/c1-4-14(22-12-7-5-6-8-12)16(21)17-9-13-10(2)11(3)18-19-15(13)20/h12,14H,4-9H2,1-3H3,(H,17,21)(H,19,20)/t14-/m0/s1. The summed E-state index contributed by atoms with van der Waals surface area (Å²) >= 11 is 0. The zero-order valence-corrected chi connectivity index (χ0v) is 13.6. The molecule has 1 aliphatic rings. The first kappa shape index (κ1) is 16.7. The first-order chi connectivity index (χ1) is 10.5. The van der Waals surface area contributed by atoms with Gasteiger partial charge in [0.25, 0.3) is 5.56 Å². The summed E-state index contributed by atoms with van der Waals surface area (Å²) in [5.74, 6) is -0.150. The molecule has 0 spiro atoms. The average Bonchev–Trinajstić information content (AvgIpc) is 3.01. The van der Waals surface area contributed by atoms with E-state index in [9.17, 15) is 9.59 Å². The molecule has 1 fully saturated rings. The van der Waals surface area contributed by atoms with Gasteiger partial charge < -0.3 is 10.1 Å². The van der Waals surface area contributed by atoms with Crippen molar-refractivity contribution in [3.05, 3.63) is 27.2 Å². The minimum Gasteiger partial charge on any atom is -0.365 e. The fourth-order valence-electron chi connectivity index (χ4n) is 2.78. The van der Waals surface area contributed by atoms with Crippen molar-refractivity contribution >= 4 is 5.91 Å². The molecule has 0 saturated heterocycles. The monoisotopic (exact) mass is 307 g/mol. The number of ether oxygens (including phenoxy) is 1. The SMILES string of the molecule is CC[C@H](OC1CCCC1)C(=O)NCc1c(C)c(C)n[nH]c1=O. The van der Waals surface area contributed by atoms with E-state index in [0.29, 0.717) is 12.0 Å². The van der Waals surface area contributed by atoms with E-state index < -0.39 is 6.10 Å². The lowest BCUT2D eigenvalue weighted by atomic mass is 10.1. The molecule has 2 rings (SSSR count). The summed E-state index contributed by atoms with van der Waals surface area (Å²) in [7, 11) is 0. The Morgan fingerprint density at radius 2 is 2.09 bits per heavy atom. The number of aromatic amines is 1. The van der Waals surface area contributed by atoms with E-state index in [0.717, 1.165) is 24.1 Å². The number of aromatic nitrogens is 2. The number of carbonyl (C=O) groups excluding carboxylic acids is 1. The quantitative estimate of drug-likeness (QED) is 0.838. The highest BCUT2D eigenvalue weighted by molar-refractivity contribution is 5.80. The molecule has 122 valence electrons. The van der Waals surface area contributed by atoms with Gasteiger partial charge in [0, 0.05) is 12.1 Å². The number of rotatable bonds is 6. The van der Waals surface area contributed by atoms with Crippen LogP contribution in [0.3, 0.4) is 0 Å². The summed E-state index contributed by atoms with van der Waals surface area (Å²) < 4.78 is 5.88. The molecular weight excluding hydrogens is 282 g/mol. The van der Waals surface area contributed by atoms with E-state index in [1.807, 2.05) is 20.8 Å². The lowest BCUT2D eigenvalue weighted by Crippen LogP contribution is -2.38. The molecule has 0 radical (unpaired) electrons. The Balaban J connectivity index is 1.96. The van der Waals surface area contributed by atoms with Crippen LogP contribution in [-0.2, 0) is 16.1 Å². The zero-order chi connectivity index (χ0) is 16.1. The largest absolute Gasteiger partial charge is 0.365 e. The first-order valence-corrected chi connectivity index (χ1v) is 8.00. The smallest absolute Gasteiger partial charge is 0.269 e. The summed E-state index contributed by atoms with van der Waals surface area (Å²) in [5, 5.41) is 9.18. The third-order valence-corrected chi connectivity index (χ3v) is 4.36.